The lowest BCUT2D eigenvalue weighted by molar-refractivity contribution is -0.119. The molecule has 2 atom stereocenters. The largest absolute Gasteiger partial charge is 0.478 e. The lowest BCUT2D eigenvalue weighted by atomic mass is 9.89. The smallest absolute Gasteiger partial charge is 0.335 e. The minimum atomic E-state index is -0.984. The van der Waals surface area contributed by atoms with Crippen molar-refractivity contribution >= 4 is 23.3 Å². The molecule has 3 aromatic rings. The third-order valence-corrected chi connectivity index (χ3v) is 5.56. The van der Waals surface area contributed by atoms with Gasteiger partial charge in [0.15, 0.2) is 0 Å². The van der Waals surface area contributed by atoms with Gasteiger partial charge in [-0.05, 0) is 67.8 Å². The maximum atomic E-state index is 12.8. The van der Waals surface area contributed by atoms with E-state index in [4.69, 9.17) is 4.42 Å². The van der Waals surface area contributed by atoms with E-state index < -0.39 is 5.97 Å². The first-order chi connectivity index (χ1) is 15.0. The molecule has 0 saturated carbocycles. The number of oxazole rings is 1. The number of nitrogens with one attached hydrogen (secondary N) is 1. The van der Waals surface area contributed by atoms with Crippen LogP contribution in [0.25, 0.3) is 11.5 Å². The van der Waals surface area contributed by atoms with Gasteiger partial charge in [-0.1, -0.05) is 6.92 Å². The minimum Gasteiger partial charge on any atom is -0.478 e. The van der Waals surface area contributed by atoms with Crippen LogP contribution in [0, 0.1) is 0 Å². The Balaban J connectivity index is 1.66. The van der Waals surface area contributed by atoms with Crippen LogP contribution in [0.15, 0.2) is 59.3 Å². The van der Waals surface area contributed by atoms with E-state index in [1.807, 2.05) is 43.0 Å². The van der Waals surface area contributed by atoms with E-state index in [1.54, 1.807) is 24.4 Å². The SMILES string of the molecule is CCCC(=O)N1c2ccc(C(=O)O)cc2[C@H](Nc2ccc(-c3ncco3)cc2)C[C@@H]1C. The van der Waals surface area contributed by atoms with Gasteiger partial charge in [-0.25, -0.2) is 9.78 Å². The number of nitrogens with zero attached hydrogens (tertiary/aromatic N) is 2. The first-order valence-corrected chi connectivity index (χ1v) is 10.4. The van der Waals surface area contributed by atoms with E-state index in [-0.39, 0.29) is 23.6 Å². The average Bonchev–Trinajstić information content (AvgIpc) is 3.29. The first kappa shape index (κ1) is 20.7. The molecule has 0 saturated heterocycles. The minimum absolute atomic E-state index is 0.00804. The summed E-state index contributed by atoms with van der Waals surface area (Å²) in [5, 5.41) is 13.0. The van der Waals surface area contributed by atoms with Crippen LogP contribution in [0.5, 0.6) is 0 Å². The molecule has 0 radical (unpaired) electrons. The van der Waals surface area contributed by atoms with Crippen LogP contribution in [0.4, 0.5) is 11.4 Å². The van der Waals surface area contributed by atoms with Crippen molar-refractivity contribution in [3.8, 4) is 11.5 Å². The number of carbonyl (C=O) groups excluding carboxylic acids is 1. The Bertz CT molecular complexity index is 1080. The highest BCUT2D eigenvalue weighted by molar-refractivity contribution is 5.97. The number of hydrogen-bond donors (Lipinski definition) is 2. The molecular formula is C24H25N3O4. The van der Waals surface area contributed by atoms with Crippen molar-refractivity contribution in [3.63, 3.8) is 0 Å². The summed E-state index contributed by atoms with van der Waals surface area (Å²) in [6, 6.07) is 12.6. The van der Waals surface area contributed by atoms with Crippen LogP contribution in [0.3, 0.4) is 0 Å². The van der Waals surface area contributed by atoms with E-state index in [9.17, 15) is 14.7 Å². The number of rotatable bonds is 6. The second kappa shape index (κ2) is 8.63. The molecule has 0 bridgehead atoms. The van der Waals surface area contributed by atoms with Gasteiger partial charge in [0.1, 0.15) is 6.26 Å². The summed E-state index contributed by atoms with van der Waals surface area (Å²) >= 11 is 0. The Morgan fingerprint density at radius 3 is 2.65 bits per heavy atom. The number of fused-ring (bicyclic) bond motifs is 1. The Morgan fingerprint density at radius 1 is 1.23 bits per heavy atom. The third kappa shape index (κ3) is 4.17. The van der Waals surface area contributed by atoms with Crippen molar-refractivity contribution < 1.29 is 19.1 Å². The van der Waals surface area contributed by atoms with Crippen LogP contribution in [0.1, 0.15) is 55.1 Å². The van der Waals surface area contributed by atoms with Crippen molar-refractivity contribution in [1.29, 1.82) is 0 Å². The molecule has 1 aliphatic rings. The number of carboxylic acid groups (broad SMARTS) is 1. The van der Waals surface area contributed by atoms with Gasteiger partial charge in [-0.3, -0.25) is 4.79 Å². The van der Waals surface area contributed by atoms with Gasteiger partial charge in [0, 0.05) is 29.4 Å². The summed E-state index contributed by atoms with van der Waals surface area (Å²) in [5.41, 5.74) is 3.57. The molecule has 0 fully saturated rings. The second-order valence-electron chi connectivity index (χ2n) is 7.79. The first-order valence-electron chi connectivity index (χ1n) is 10.4. The molecule has 2 N–H and O–H groups in total. The van der Waals surface area contributed by atoms with Crippen LogP contribution >= 0.6 is 0 Å². The third-order valence-electron chi connectivity index (χ3n) is 5.56. The molecule has 0 spiro atoms. The fourth-order valence-electron chi connectivity index (χ4n) is 4.12. The van der Waals surface area contributed by atoms with Crippen LogP contribution in [0.2, 0.25) is 0 Å². The Morgan fingerprint density at radius 2 is 2.00 bits per heavy atom. The van der Waals surface area contributed by atoms with E-state index in [0.717, 1.165) is 28.9 Å². The molecule has 2 aromatic carbocycles. The molecule has 1 amide bonds. The monoisotopic (exact) mass is 419 g/mol. The molecule has 0 unspecified atom stereocenters. The van der Waals surface area contributed by atoms with Gasteiger partial charge in [0.2, 0.25) is 11.8 Å². The van der Waals surface area contributed by atoms with Crippen LogP contribution in [-0.4, -0.2) is 28.0 Å². The number of hydrogen-bond acceptors (Lipinski definition) is 5. The van der Waals surface area contributed by atoms with Crippen molar-refractivity contribution in [3.05, 3.63) is 66.1 Å². The number of carboxylic acids is 1. The standard InChI is InChI=1S/C24H25N3O4/c1-3-4-22(28)27-15(2)13-20(19-14-17(24(29)30)7-10-21(19)27)26-18-8-5-16(6-9-18)23-25-11-12-31-23/h5-12,14-15,20,26H,3-4,13H2,1-2H3,(H,29,30)/t15-,20+/m0/s1. The molecule has 0 aliphatic carbocycles. The number of anilines is 2. The highest BCUT2D eigenvalue weighted by atomic mass is 16.4. The summed E-state index contributed by atoms with van der Waals surface area (Å²) in [7, 11) is 0. The molecule has 1 aliphatic heterocycles. The van der Waals surface area contributed by atoms with Crippen molar-refractivity contribution in [2.75, 3.05) is 10.2 Å². The highest BCUT2D eigenvalue weighted by Crippen LogP contribution is 2.40. The quantitative estimate of drug-likeness (QED) is 0.576. The zero-order chi connectivity index (χ0) is 22.0. The molecule has 1 aromatic heterocycles. The molecule has 4 rings (SSSR count). The lowest BCUT2D eigenvalue weighted by Crippen LogP contribution is -2.44. The van der Waals surface area contributed by atoms with Crippen molar-refractivity contribution in [2.45, 2.75) is 45.2 Å². The van der Waals surface area contributed by atoms with E-state index in [0.29, 0.717) is 18.7 Å². The van der Waals surface area contributed by atoms with Gasteiger partial charge in [-0.15, -0.1) is 0 Å². The van der Waals surface area contributed by atoms with E-state index >= 15 is 0 Å². The summed E-state index contributed by atoms with van der Waals surface area (Å²) in [4.78, 5) is 30.3. The zero-order valence-corrected chi connectivity index (χ0v) is 17.5. The maximum Gasteiger partial charge on any atom is 0.335 e. The van der Waals surface area contributed by atoms with Crippen molar-refractivity contribution in [1.82, 2.24) is 4.98 Å². The summed E-state index contributed by atoms with van der Waals surface area (Å²) in [5.74, 6) is -0.366. The fraction of sp³-hybridized carbons (Fsp3) is 0.292. The highest BCUT2D eigenvalue weighted by Gasteiger charge is 2.34. The van der Waals surface area contributed by atoms with Crippen molar-refractivity contribution in [2.24, 2.45) is 0 Å². The number of benzene rings is 2. The van der Waals surface area contributed by atoms with Gasteiger partial charge in [0.25, 0.3) is 0 Å². The average molecular weight is 419 g/mol. The lowest BCUT2D eigenvalue weighted by Gasteiger charge is -2.40. The summed E-state index contributed by atoms with van der Waals surface area (Å²) in [6.07, 6.45) is 5.04. The maximum absolute atomic E-state index is 12.8. The van der Waals surface area contributed by atoms with E-state index in [2.05, 4.69) is 10.3 Å². The molecule has 7 nitrogen and oxygen atoms in total. The molecule has 2 heterocycles. The van der Waals surface area contributed by atoms with Gasteiger partial charge in [0.05, 0.1) is 17.8 Å². The molecule has 31 heavy (non-hydrogen) atoms. The van der Waals surface area contributed by atoms with Crippen LogP contribution < -0.4 is 10.2 Å². The second-order valence-corrected chi connectivity index (χ2v) is 7.79. The Labute approximate surface area is 180 Å². The Hall–Kier alpha value is -3.61. The number of aromatic carboxylic acids is 1. The Kier molecular flexibility index (Phi) is 5.75. The van der Waals surface area contributed by atoms with Crippen LogP contribution in [-0.2, 0) is 4.79 Å². The summed E-state index contributed by atoms with van der Waals surface area (Å²) in [6.45, 7) is 4.01. The number of amides is 1. The summed E-state index contributed by atoms with van der Waals surface area (Å²) < 4.78 is 5.33. The normalized spacial score (nSPS) is 17.8. The topological polar surface area (TPSA) is 95.7 Å². The number of carbonyl (C=O) groups is 2. The zero-order valence-electron chi connectivity index (χ0n) is 17.5. The van der Waals surface area contributed by atoms with Gasteiger partial charge < -0.3 is 19.7 Å². The number of aromatic nitrogens is 1. The molecular weight excluding hydrogens is 394 g/mol. The van der Waals surface area contributed by atoms with Gasteiger partial charge in [-0.2, -0.15) is 0 Å². The molecule has 160 valence electrons. The predicted molar refractivity (Wildman–Crippen MR) is 118 cm³/mol. The van der Waals surface area contributed by atoms with Gasteiger partial charge >= 0.3 is 5.97 Å². The predicted octanol–water partition coefficient (Wildman–Crippen LogP) is 5.12. The molecule has 7 heteroatoms. The fourth-order valence-corrected chi connectivity index (χ4v) is 4.12. The van der Waals surface area contributed by atoms with E-state index in [1.165, 1.54) is 6.26 Å².